The molecule has 1 saturated heterocycles. The van der Waals surface area contributed by atoms with Crippen LogP contribution in [0.5, 0.6) is 0 Å². The molecule has 0 bridgehead atoms. The Labute approximate surface area is 205 Å². The summed E-state index contributed by atoms with van der Waals surface area (Å²) in [5.41, 5.74) is 9.46. The first-order valence-electron chi connectivity index (χ1n) is 12.7. The number of carbonyl (C=O) groups is 1. The molecule has 3 unspecified atom stereocenters. The van der Waals surface area contributed by atoms with E-state index >= 15 is 0 Å². The summed E-state index contributed by atoms with van der Waals surface area (Å²) in [6.07, 6.45) is 5.32. The highest BCUT2D eigenvalue weighted by molar-refractivity contribution is 6.10. The van der Waals surface area contributed by atoms with Crippen LogP contribution in [0, 0.1) is 0 Å². The number of hydrogen-bond acceptors (Lipinski definition) is 7. The number of hydrogen-bond donors (Lipinski definition) is 1. The lowest BCUT2D eigenvalue weighted by atomic mass is 10.0. The third kappa shape index (κ3) is 3.52. The fourth-order valence-electron chi connectivity index (χ4n) is 5.85. The van der Waals surface area contributed by atoms with E-state index in [0.29, 0.717) is 30.0 Å². The predicted octanol–water partition coefficient (Wildman–Crippen LogP) is 3.80. The second-order valence-electron chi connectivity index (χ2n) is 10.0. The normalized spacial score (nSPS) is 22.1. The molecule has 0 saturated carbocycles. The highest BCUT2D eigenvalue weighted by atomic mass is 16.2. The highest BCUT2D eigenvalue weighted by Gasteiger charge is 2.35. The molecule has 3 aliphatic heterocycles. The van der Waals surface area contributed by atoms with Crippen molar-refractivity contribution < 1.29 is 4.79 Å². The quantitative estimate of drug-likeness (QED) is 0.602. The van der Waals surface area contributed by atoms with Gasteiger partial charge in [0.2, 0.25) is 0 Å². The first-order chi connectivity index (χ1) is 17.0. The van der Waals surface area contributed by atoms with Crippen LogP contribution in [0.1, 0.15) is 86.0 Å². The summed E-state index contributed by atoms with van der Waals surface area (Å²) in [5.74, 6) is 3.19. The van der Waals surface area contributed by atoms with Crippen molar-refractivity contribution in [3.63, 3.8) is 0 Å². The van der Waals surface area contributed by atoms with E-state index in [2.05, 4.69) is 33.5 Å². The molecule has 9 heteroatoms. The summed E-state index contributed by atoms with van der Waals surface area (Å²) in [6, 6.07) is 8.25. The molecule has 182 valence electrons. The lowest BCUT2D eigenvalue weighted by molar-refractivity contribution is 0.0996. The molecule has 3 atom stereocenters. The van der Waals surface area contributed by atoms with E-state index in [9.17, 15) is 4.79 Å². The molecule has 6 rings (SSSR count). The van der Waals surface area contributed by atoms with Gasteiger partial charge in [0.1, 0.15) is 23.2 Å². The number of pyridine rings is 2. The Balaban J connectivity index is 1.37. The molecule has 3 aliphatic rings. The topological polar surface area (TPSA) is 106 Å². The fourth-order valence-corrected chi connectivity index (χ4v) is 5.85. The Kier molecular flexibility index (Phi) is 5.32. The summed E-state index contributed by atoms with van der Waals surface area (Å²) < 4.78 is 2.22. The molecule has 9 nitrogen and oxygen atoms in total. The highest BCUT2D eigenvalue weighted by Crippen LogP contribution is 2.36. The van der Waals surface area contributed by atoms with E-state index in [1.54, 1.807) is 4.90 Å². The fraction of sp³-hybridized carbons (Fsp3) is 0.500. The molecule has 0 radical (unpaired) electrons. The van der Waals surface area contributed by atoms with Crippen LogP contribution in [0.4, 0.5) is 11.6 Å². The molecule has 0 aromatic carbocycles. The van der Waals surface area contributed by atoms with Gasteiger partial charge in [0, 0.05) is 36.7 Å². The third-order valence-electron chi connectivity index (χ3n) is 7.76. The van der Waals surface area contributed by atoms with Crippen molar-refractivity contribution in [1.29, 1.82) is 0 Å². The van der Waals surface area contributed by atoms with Crippen molar-refractivity contribution in [2.45, 2.75) is 77.5 Å². The van der Waals surface area contributed by atoms with E-state index in [1.807, 2.05) is 31.2 Å². The smallest absolute Gasteiger partial charge is 0.260 e. The van der Waals surface area contributed by atoms with Crippen LogP contribution in [-0.2, 0) is 13.0 Å². The predicted molar refractivity (Wildman–Crippen MR) is 134 cm³/mol. The van der Waals surface area contributed by atoms with Crippen molar-refractivity contribution in [3.8, 4) is 11.5 Å². The van der Waals surface area contributed by atoms with Gasteiger partial charge in [-0.05, 0) is 57.7 Å². The molecular formula is C26H32N8O. The van der Waals surface area contributed by atoms with Crippen LogP contribution in [0.2, 0.25) is 0 Å². The van der Waals surface area contributed by atoms with E-state index in [1.165, 1.54) is 0 Å². The van der Waals surface area contributed by atoms with Gasteiger partial charge < -0.3 is 15.2 Å². The van der Waals surface area contributed by atoms with Gasteiger partial charge >= 0.3 is 0 Å². The number of amides is 1. The lowest BCUT2D eigenvalue weighted by Crippen LogP contribution is -2.28. The molecule has 3 aromatic heterocycles. The Morgan fingerprint density at radius 2 is 2.03 bits per heavy atom. The van der Waals surface area contributed by atoms with Gasteiger partial charge in [0.25, 0.3) is 5.91 Å². The zero-order chi connectivity index (χ0) is 24.3. The molecule has 0 aliphatic carbocycles. The van der Waals surface area contributed by atoms with Crippen LogP contribution in [0.25, 0.3) is 11.5 Å². The van der Waals surface area contributed by atoms with Crippen molar-refractivity contribution in [1.82, 2.24) is 24.7 Å². The van der Waals surface area contributed by atoms with Gasteiger partial charge in [-0.25, -0.2) is 9.97 Å². The van der Waals surface area contributed by atoms with Crippen LogP contribution in [-0.4, -0.2) is 43.2 Å². The summed E-state index contributed by atoms with van der Waals surface area (Å²) in [6.45, 7) is 7.70. The second-order valence-corrected chi connectivity index (χ2v) is 10.0. The first kappa shape index (κ1) is 22.2. The second kappa shape index (κ2) is 8.41. The summed E-state index contributed by atoms with van der Waals surface area (Å²) in [4.78, 5) is 27.5. The van der Waals surface area contributed by atoms with Gasteiger partial charge in [-0.2, -0.15) is 0 Å². The van der Waals surface area contributed by atoms with Crippen molar-refractivity contribution in [2.24, 2.45) is 5.73 Å². The first-order valence-corrected chi connectivity index (χ1v) is 12.7. The Morgan fingerprint density at radius 1 is 1.17 bits per heavy atom. The van der Waals surface area contributed by atoms with Crippen molar-refractivity contribution in [2.75, 3.05) is 16.3 Å². The standard InChI is InChI=1S/C26H32N8O/c1-4-17-10-11-22-30-31-25(34(17)22)20-8-5-9-21(28-20)33-14-19-18(26(33)35)13-23(29-24(19)16(3)27)32-12-6-7-15(32)2/h5,8-9,13,15-17H,4,6-7,10-12,14,27H2,1-3H3. The SMILES string of the molecule is CCC1CCc2nnc(-c3cccc(N4Cc5c(cc(N6CCCC6C)nc5C(C)N)C4=O)n3)n21. The Bertz CT molecular complexity index is 1300. The minimum atomic E-state index is -0.266. The maximum atomic E-state index is 13.7. The molecule has 2 N–H and O–H groups in total. The van der Waals surface area contributed by atoms with Crippen LogP contribution >= 0.6 is 0 Å². The van der Waals surface area contributed by atoms with E-state index in [4.69, 9.17) is 15.7 Å². The van der Waals surface area contributed by atoms with Crippen molar-refractivity contribution in [3.05, 3.63) is 46.9 Å². The largest absolute Gasteiger partial charge is 0.354 e. The maximum Gasteiger partial charge on any atom is 0.260 e. The zero-order valence-electron chi connectivity index (χ0n) is 20.6. The molecule has 3 aromatic rings. The molecular weight excluding hydrogens is 440 g/mol. The van der Waals surface area contributed by atoms with Gasteiger partial charge in [0.05, 0.1) is 17.8 Å². The molecule has 1 amide bonds. The van der Waals surface area contributed by atoms with Crippen LogP contribution < -0.4 is 15.5 Å². The van der Waals surface area contributed by atoms with Gasteiger partial charge in [0.15, 0.2) is 5.82 Å². The molecule has 6 heterocycles. The molecule has 1 fully saturated rings. The number of aryl methyl sites for hydroxylation is 1. The van der Waals surface area contributed by atoms with E-state index < -0.39 is 0 Å². The number of fused-ring (bicyclic) bond motifs is 2. The number of rotatable bonds is 5. The number of anilines is 2. The van der Waals surface area contributed by atoms with E-state index in [0.717, 1.165) is 73.1 Å². The number of nitrogens with zero attached hydrogens (tertiary/aromatic N) is 7. The van der Waals surface area contributed by atoms with Crippen LogP contribution in [0.3, 0.4) is 0 Å². The van der Waals surface area contributed by atoms with E-state index in [-0.39, 0.29) is 11.9 Å². The number of carbonyl (C=O) groups excluding carboxylic acids is 1. The summed E-state index contributed by atoms with van der Waals surface area (Å²) >= 11 is 0. The zero-order valence-corrected chi connectivity index (χ0v) is 20.6. The minimum absolute atomic E-state index is 0.0556. The van der Waals surface area contributed by atoms with Crippen molar-refractivity contribution >= 4 is 17.5 Å². The maximum absolute atomic E-state index is 13.7. The molecule has 35 heavy (non-hydrogen) atoms. The summed E-state index contributed by atoms with van der Waals surface area (Å²) in [5, 5.41) is 8.84. The van der Waals surface area contributed by atoms with Crippen LogP contribution in [0.15, 0.2) is 24.3 Å². The van der Waals surface area contributed by atoms with Gasteiger partial charge in [-0.15, -0.1) is 10.2 Å². The Morgan fingerprint density at radius 3 is 2.77 bits per heavy atom. The third-order valence-corrected chi connectivity index (χ3v) is 7.76. The number of nitrogens with two attached hydrogens (primary N) is 1. The minimum Gasteiger partial charge on any atom is -0.354 e. The number of aromatic nitrogens is 5. The lowest BCUT2D eigenvalue weighted by Gasteiger charge is -2.24. The Hall–Kier alpha value is -3.33. The monoisotopic (exact) mass is 472 g/mol. The average molecular weight is 473 g/mol. The summed E-state index contributed by atoms with van der Waals surface area (Å²) in [7, 11) is 0. The molecule has 0 spiro atoms. The van der Waals surface area contributed by atoms with Gasteiger partial charge in [-0.1, -0.05) is 13.0 Å². The van der Waals surface area contributed by atoms with Gasteiger partial charge in [-0.3, -0.25) is 9.69 Å². The average Bonchev–Trinajstić information content (AvgIpc) is 3.63.